The van der Waals surface area contributed by atoms with Crippen LogP contribution in [-0.2, 0) is 0 Å². The summed E-state index contributed by atoms with van der Waals surface area (Å²) in [6.07, 6.45) is 6.81. The van der Waals surface area contributed by atoms with Gasteiger partial charge in [-0.3, -0.25) is 9.78 Å². The fourth-order valence-electron chi connectivity index (χ4n) is 2.53. The summed E-state index contributed by atoms with van der Waals surface area (Å²) in [4.78, 5) is 18.5. The maximum absolute atomic E-state index is 12.4. The average molecular weight is 261 g/mol. The van der Waals surface area contributed by atoms with Crippen LogP contribution in [0.15, 0.2) is 18.5 Å². The quantitative estimate of drug-likeness (QED) is 0.901. The Balaban J connectivity index is 1.99. The van der Waals surface area contributed by atoms with Crippen LogP contribution in [0.3, 0.4) is 0 Å². The second kappa shape index (κ2) is 6.66. The third-order valence-electron chi connectivity index (χ3n) is 3.51. The highest BCUT2D eigenvalue weighted by atomic mass is 16.2. The van der Waals surface area contributed by atoms with Gasteiger partial charge in [0.2, 0.25) is 0 Å². The van der Waals surface area contributed by atoms with Gasteiger partial charge in [0.05, 0.1) is 5.56 Å². The lowest BCUT2D eigenvalue weighted by atomic mass is 10.0. The molecule has 2 rings (SSSR count). The molecule has 4 heteroatoms. The summed E-state index contributed by atoms with van der Waals surface area (Å²) >= 11 is 0. The van der Waals surface area contributed by atoms with Crippen LogP contribution in [0.4, 0.5) is 0 Å². The van der Waals surface area contributed by atoms with Crippen molar-refractivity contribution in [3.05, 3.63) is 29.6 Å². The Hall–Kier alpha value is -1.42. The molecule has 1 aromatic heterocycles. The molecule has 0 saturated carbocycles. The van der Waals surface area contributed by atoms with Crippen molar-refractivity contribution in [2.45, 2.75) is 39.2 Å². The van der Waals surface area contributed by atoms with Gasteiger partial charge in [-0.2, -0.15) is 0 Å². The van der Waals surface area contributed by atoms with E-state index < -0.39 is 0 Å². The number of carbonyl (C=O) groups is 1. The van der Waals surface area contributed by atoms with Gasteiger partial charge in [0.1, 0.15) is 0 Å². The van der Waals surface area contributed by atoms with Gasteiger partial charge >= 0.3 is 0 Å². The van der Waals surface area contributed by atoms with Crippen molar-refractivity contribution in [3.8, 4) is 0 Å². The van der Waals surface area contributed by atoms with E-state index in [-0.39, 0.29) is 5.91 Å². The topological polar surface area (TPSA) is 45.2 Å². The third-order valence-corrected chi connectivity index (χ3v) is 3.51. The van der Waals surface area contributed by atoms with Crippen molar-refractivity contribution < 1.29 is 4.79 Å². The Morgan fingerprint density at radius 3 is 3.11 bits per heavy atom. The van der Waals surface area contributed by atoms with Gasteiger partial charge in [0.25, 0.3) is 5.91 Å². The number of carbonyl (C=O) groups excluding carboxylic acids is 1. The Labute approximate surface area is 115 Å². The maximum Gasteiger partial charge on any atom is 0.255 e. The van der Waals surface area contributed by atoms with Crippen LogP contribution in [0, 0.1) is 6.92 Å². The van der Waals surface area contributed by atoms with Gasteiger partial charge in [-0.15, -0.1) is 0 Å². The van der Waals surface area contributed by atoms with Crippen molar-refractivity contribution in [1.29, 1.82) is 0 Å². The lowest BCUT2D eigenvalue weighted by Gasteiger charge is -2.33. The normalized spacial score (nSPS) is 19.5. The number of aryl methyl sites for hydroxylation is 1. The van der Waals surface area contributed by atoms with E-state index in [9.17, 15) is 4.79 Å². The molecule has 1 aliphatic rings. The van der Waals surface area contributed by atoms with E-state index in [2.05, 4.69) is 17.2 Å². The largest absolute Gasteiger partial charge is 0.337 e. The number of hydrogen-bond donors (Lipinski definition) is 1. The van der Waals surface area contributed by atoms with E-state index in [0.717, 1.165) is 44.5 Å². The molecule has 1 aliphatic heterocycles. The molecule has 1 atom stereocenters. The first-order valence-electron chi connectivity index (χ1n) is 7.15. The third kappa shape index (κ3) is 3.77. The molecule has 0 aromatic carbocycles. The zero-order valence-electron chi connectivity index (χ0n) is 11.9. The molecule has 0 aliphatic carbocycles. The average Bonchev–Trinajstić information content (AvgIpc) is 2.44. The summed E-state index contributed by atoms with van der Waals surface area (Å²) in [5.74, 6) is 0.110. The monoisotopic (exact) mass is 261 g/mol. The van der Waals surface area contributed by atoms with Crippen molar-refractivity contribution in [2.75, 3.05) is 19.6 Å². The van der Waals surface area contributed by atoms with Gasteiger partial charge < -0.3 is 10.2 Å². The molecule has 1 aromatic rings. The second-order valence-corrected chi connectivity index (χ2v) is 5.30. The van der Waals surface area contributed by atoms with E-state index in [1.54, 1.807) is 12.4 Å². The molecular formula is C15H23N3O. The van der Waals surface area contributed by atoms with E-state index in [0.29, 0.717) is 11.6 Å². The highest BCUT2D eigenvalue weighted by Gasteiger charge is 2.24. The molecule has 0 spiro atoms. The van der Waals surface area contributed by atoms with Crippen LogP contribution in [0.5, 0.6) is 0 Å². The first-order chi connectivity index (χ1) is 9.20. The predicted octanol–water partition coefficient (Wildman–Crippen LogP) is 1.99. The zero-order chi connectivity index (χ0) is 13.7. The smallest absolute Gasteiger partial charge is 0.255 e. The fraction of sp³-hybridized carbons (Fsp3) is 0.600. The molecule has 1 unspecified atom stereocenters. The summed E-state index contributed by atoms with van der Waals surface area (Å²) in [5.41, 5.74) is 1.74. The highest BCUT2D eigenvalue weighted by molar-refractivity contribution is 5.94. The number of nitrogens with zero attached hydrogens (tertiary/aromatic N) is 2. The minimum atomic E-state index is 0.110. The van der Waals surface area contributed by atoms with Crippen LogP contribution in [-0.4, -0.2) is 41.5 Å². The zero-order valence-corrected chi connectivity index (χ0v) is 11.9. The van der Waals surface area contributed by atoms with Crippen molar-refractivity contribution in [2.24, 2.45) is 0 Å². The van der Waals surface area contributed by atoms with Crippen LogP contribution < -0.4 is 5.32 Å². The molecular weight excluding hydrogens is 238 g/mol. The number of rotatable bonds is 4. The summed E-state index contributed by atoms with van der Waals surface area (Å²) in [7, 11) is 0. The maximum atomic E-state index is 12.4. The van der Waals surface area contributed by atoms with Crippen LogP contribution in [0.1, 0.15) is 42.1 Å². The lowest BCUT2D eigenvalue weighted by molar-refractivity contribution is 0.0694. The first kappa shape index (κ1) is 14.0. The second-order valence-electron chi connectivity index (χ2n) is 5.30. The number of nitrogens with one attached hydrogen (secondary N) is 1. The molecule has 1 saturated heterocycles. The van der Waals surface area contributed by atoms with Gasteiger partial charge in [-0.05, 0) is 44.4 Å². The summed E-state index contributed by atoms with van der Waals surface area (Å²) < 4.78 is 0. The van der Waals surface area contributed by atoms with Crippen LogP contribution in [0.2, 0.25) is 0 Å². The van der Waals surface area contributed by atoms with Gasteiger partial charge in [-0.1, -0.05) is 6.92 Å². The Morgan fingerprint density at radius 2 is 2.37 bits per heavy atom. The molecule has 1 fully saturated rings. The molecule has 0 radical (unpaired) electrons. The molecule has 4 nitrogen and oxygen atoms in total. The fourth-order valence-corrected chi connectivity index (χ4v) is 2.53. The molecule has 19 heavy (non-hydrogen) atoms. The summed E-state index contributed by atoms with van der Waals surface area (Å²) in [5, 5.41) is 3.51. The molecule has 0 bridgehead atoms. The Morgan fingerprint density at radius 1 is 1.53 bits per heavy atom. The van der Waals surface area contributed by atoms with Gasteiger partial charge in [-0.25, -0.2) is 0 Å². The number of pyridine rings is 1. The molecule has 104 valence electrons. The van der Waals surface area contributed by atoms with E-state index in [4.69, 9.17) is 0 Å². The Bertz CT molecular complexity index is 433. The number of hydrogen-bond acceptors (Lipinski definition) is 3. The molecule has 1 N–H and O–H groups in total. The summed E-state index contributed by atoms with van der Waals surface area (Å²) in [6.45, 7) is 6.82. The SMILES string of the molecule is CCCNC1CCCN(C(=O)c2cncc(C)c2)C1. The first-order valence-corrected chi connectivity index (χ1v) is 7.15. The molecule has 2 heterocycles. The molecule has 1 amide bonds. The van der Waals surface area contributed by atoms with Crippen molar-refractivity contribution in [3.63, 3.8) is 0 Å². The van der Waals surface area contributed by atoms with Crippen molar-refractivity contribution in [1.82, 2.24) is 15.2 Å². The predicted molar refractivity (Wildman–Crippen MR) is 76.2 cm³/mol. The standard InChI is InChI=1S/C15H23N3O/c1-3-6-17-14-5-4-7-18(11-14)15(19)13-8-12(2)9-16-10-13/h8-10,14,17H,3-7,11H2,1-2H3. The Kier molecular flexibility index (Phi) is 4.91. The van der Waals surface area contributed by atoms with Gasteiger partial charge in [0, 0.05) is 31.5 Å². The number of aromatic nitrogens is 1. The number of piperidine rings is 1. The van der Waals surface area contributed by atoms with Crippen LogP contribution >= 0.6 is 0 Å². The van der Waals surface area contributed by atoms with E-state index >= 15 is 0 Å². The number of amides is 1. The van der Waals surface area contributed by atoms with Crippen LogP contribution in [0.25, 0.3) is 0 Å². The summed E-state index contributed by atoms with van der Waals surface area (Å²) in [6, 6.07) is 2.36. The number of likely N-dealkylation sites (tertiary alicyclic amines) is 1. The van der Waals surface area contributed by atoms with Crippen molar-refractivity contribution >= 4 is 5.91 Å². The lowest BCUT2D eigenvalue weighted by Crippen LogP contribution is -2.48. The van der Waals surface area contributed by atoms with E-state index in [1.807, 2.05) is 17.9 Å². The highest BCUT2D eigenvalue weighted by Crippen LogP contribution is 2.14. The van der Waals surface area contributed by atoms with Gasteiger partial charge in [0.15, 0.2) is 0 Å². The van der Waals surface area contributed by atoms with E-state index in [1.165, 1.54) is 0 Å². The minimum absolute atomic E-state index is 0.110. The minimum Gasteiger partial charge on any atom is -0.337 e.